The van der Waals surface area contributed by atoms with Gasteiger partial charge in [0, 0.05) is 16.2 Å². The van der Waals surface area contributed by atoms with Gasteiger partial charge in [0.15, 0.2) is 14.7 Å². The zero-order valence-corrected chi connectivity index (χ0v) is 21.2. The second-order valence-electron chi connectivity index (χ2n) is 9.17. The molecule has 4 aromatic carbocycles. The summed E-state index contributed by atoms with van der Waals surface area (Å²) in [6.07, 6.45) is 0.837. The van der Waals surface area contributed by atoms with Crippen molar-refractivity contribution in [3.05, 3.63) is 113 Å². The van der Waals surface area contributed by atoms with Crippen LogP contribution in [0.4, 0.5) is 0 Å². The number of aryl methyl sites for hydroxylation is 2. The molecule has 33 heavy (non-hydrogen) atoms. The quantitative estimate of drug-likeness (QED) is 0.248. The van der Waals surface area contributed by atoms with E-state index in [2.05, 4.69) is 113 Å². The lowest BCUT2D eigenvalue weighted by Gasteiger charge is -2.21. The molecule has 1 heterocycles. The first-order valence-corrected chi connectivity index (χ1v) is 13.8. The second-order valence-corrected chi connectivity index (χ2v) is 12.6. The standard InChI is InChI=1S/C30H29OS2/c1-20(2)23-9-15-29-24(17-23)18-25-19-28(14-16-30(25)33(29)31)32(26-10-5-21(3)6-11-26)27-12-7-22(4)8-13-27/h5-17,19-20H,18H2,1-4H3/q+1. The first-order chi connectivity index (χ1) is 15.9. The number of rotatable bonds is 4. The summed E-state index contributed by atoms with van der Waals surface area (Å²) in [5, 5.41) is 0. The van der Waals surface area contributed by atoms with E-state index in [1.54, 1.807) is 0 Å². The third-order valence-electron chi connectivity index (χ3n) is 6.31. The average molecular weight is 470 g/mol. The Kier molecular flexibility index (Phi) is 6.03. The Hall–Kier alpha value is -2.62. The van der Waals surface area contributed by atoms with Crippen LogP contribution in [0, 0.1) is 13.8 Å². The van der Waals surface area contributed by atoms with Crippen molar-refractivity contribution in [3.8, 4) is 0 Å². The van der Waals surface area contributed by atoms with Crippen LogP contribution in [0.1, 0.15) is 47.6 Å². The minimum absolute atomic E-state index is 0.209. The Bertz CT molecular complexity index is 1290. The zero-order valence-electron chi connectivity index (χ0n) is 19.6. The van der Waals surface area contributed by atoms with Crippen molar-refractivity contribution in [2.75, 3.05) is 0 Å². The number of fused-ring (bicyclic) bond motifs is 2. The van der Waals surface area contributed by atoms with Gasteiger partial charge in [-0.2, -0.15) is 0 Å². The van der Waals surface area contributed by atoms with Crippen LogP contribution in [0.3, 0.4) is 0 Å². The molecule has 0 radical (unpaired) electrons. The second kappa shape index (κ2) is 8.96. The molecule has 0 N–H and O–H groups in total. The van der Waals surface area contributed by atoms with Gasteiger partial charge in [-0.15, -0.1) is 0 Å². The molecular formula is C30H29OS2+. The van der Waals surface area contributed by atoms with Crippen molar-refractivity contribution in [3.63, 3.8) is 0 Å². The summed E-state index contributed by atoms with van der Waals surface area (Å²) in [5.74, 6) is 0.463. The fraction of sp³-hybridized carbons (Fsp3) is 0.200. The first kappa shape index (κ1) is 22.2. The van der Waals surface area contributed by atoms with E-state index in [4.69, 9.17) is 0 Å². The minimum Gasteiger partial charge on any atom is -0.249 e. The van der Waals surface area contributed by atoms with Crippen molar-refractivity contribution < 1.29 is 4.21 Å². The van der Waals surface area contributed by atoms with E-state index in [1.807, 2.05) is 0 Å². The summed E-state index contributed by atoms with van der Waals surface area (Å²) in [7, 11) is -1.33. The lowest BCUT2D eigenvalue weighted by Crippen LogP contribution is -2.12. The van der Waals surface area contributed by atoms with Crippen LogP contribution in [-0.4, -0.2) is 4.21 Å². The van der Waals surface area contributed by atoms with E-state index < -0.39 is 10.8 Å². The maximum atomic E-state index is 13.4. The van der Waals surface area contributed by atoms with Gasteiger partial charge in [0.05, 0.1) is 21.7 Å². The molecule has 1 aliphatic heterocycles. The topological polar surface area (TPSA) is 17.1 Å². The molecule has 166 valence electrons. The van der Waals surface area contributed by atoms with Crippen molar-refractivity contribution in [1.29, 1.82) is 0 Å². The fourth-order valence-electron chi connectivity index (χ4n) is 4.36. The van der Waals surface area contributed by atoms with Gasteiger partial charge in [-0.05, 0) is 85.0 Å². The molecule has 0 amide bonds. The summed E-state index contributed by atoms with van der Waals surface area (Å²) >= 11 is 0. The Balaban J connectivity index is 1.61. The molecule has 0 fully saturated rings. The summed E-state index contributed by atoms with van der Waals surface area (Å²) in [6.45, 7) is 8.68. The number of hydrogen-bond donors (Lipinski definition) is 0. The fourth-order valence-corrected chi connectivity index (χ4v) is 7.82. The van der Waals surface area contributed by atoms with Crippen molar-refractivity contribution in [2.45, 2.75) is 64.5 Å². The molecule has 1 nitrogen and oxygen atoms in total. The highest BCUT2D eigenvalue weighted by Crippen LogP contribution is 2.38. The van der Waals surface area contributed by atoms with Crippen molar-refractivity contribution in [2.24, 2.45) is 0 Å². The van der Waals surface area contributed by atoms with Gasteiger partial charge < -0.3 is 0 Å². The maximum absolute atomic E-state index is 13.4. The first-order valence-electron chi connectivity index (χ1n) is 11.5. The Morgan fingerprint density at radius 3 is 1.70 bits per heavy atom. The van der Waals surface area contributed by atoms with Crippen LogP contribution in [0.25, 0.3) is 0 Å². The molecule has 0 bridgehead atoms. The highest BCUT2D eigenvalue weighted by molar-refractivity contribution is 7.97. The van der Waals surface area contributed by atoms with Gasteiger partial charge in [0.2, 0.25) is 0 Å². The SMILES string of the molecule is Cc1ccc([S+](c2ccc(C)cc2)c2ccc3c(c2)Cc2cc(C(C)C)ccc2S3=O)cc1. The van der Waals surface area contributed by atoms with Crippen LogP contribution in [0.15, 0.2) is 109 Å². The van der Waals surface area contributed by atoms with Crippen LogP contribution < -0.4 is 0 Å². The predicted octanol–water partition coefficient (Wildman–Crippen LogP) is 7.59. The Morgan fingerprint density at radius 2 is 1.15 bits per heavy atom. The van der Waals surface area contributed by atoms with Gasteiger partial charge in [-0.3, -0.25) is 0 Å². The summed E-state index contributed by atoms with van der Waals surface area (Å²) in [5.41, 5.74) is 6.24. The van der Waals surface area contributed by atoms with Crippen LogP contribution in [-0.2, 0) is 28.1 Å². The predicted molar refractivity (Wildman–Crippen MR) is 139 cm³/mol. The molecule has 1 unspecified atom stereocenters. The number of hydrogen-bond acceptors (Lipinski definition) is 1. The van der Waals surface area contributed by atoms with Gasteiger partial charge >= 0.3 is 0 Å². The molecule has 0 spiro atoms. The monoisotopic (exact) mass is 469 g/mol. The van der Waals surface area contributed by atoms with Crippen molar-refractivity contribution in [1.82, 2.24) is 0 Å². The molecule has 1 aliphatic rings. The Morgan fingerprint density at radius 1 is 0.667 bits per heavy atom. The molecule has 0 aliphatic carbocycles. The maximum Gasteiger partial charge on any atom is 0.166 e. The summed E-state index contributed by atoms with van der Waals surface area (Å²) in [6, 6.07) is 30.8. The molecular weight excluding hydrogens is 440 g/mol. The van der Waals surface area contributed by atoms with Crippen LogP contribution >= 0.6 is 0 Å². The van der Waals surface area contributed by atoms with E-state index in [-0.39, 0.29) is 10.9 Å². The third kappa shape index (κ3) is 4.32. The van der Waals surface area contributed by atoms with Gasteiger partial charge in [0.1, 0.15) is 0 Å². The highest BCUT2D eigenvalue weighted by atomic mass is 32.2. The molecule has 3 heteroatoms. The van der Waals surface area contributed by atoms with E-state index in [9.17, 15) is 4.21 Å². The lowest BCUT2D eigenvalue weighted by atomic mass is 9.97. The van der Waals surface area contributed by atoms with E-state index in [0.29, 0.717) is 5.92 Å². The Labute approximate surface area is 202 Å². The molecule has 5 rings (SSSR count). The average Bonchev–Trinajstić information content (AvgIpc) is 2.81. The zero-order chi connectivity index (χ0) is 23.1. The summed E-state index contributed by atoms with van der Waals surface area (Å²) < 4.78 is 13.4. The van der Waals surface area contributed by atoms with Crippen LogP contribution in [0.2, 0.25) is 0 Å². The lowest BCUT2D eigenvalue weighted by molar-refractivity contribution is 0.679. The van der Waals surface area contributed by atoms with Crippen LogP contribution in [0.5, 0.6) is 0 Å². The van der Waals surface area contributed by atoms with Crippen molar-refractivity contribution >= 4 is 21.7 Å². The third-order valence-corrected chi connectivity index (χ3v) is 10.1. The van der Waals surface area contributed by atoms with E-state index >= 15 is 0 Å². The molecule has 0 aromatic heterocycles. The smallest absolute Gasteiger partial charge is 0.166 e. The normalized spacial score (nSPS) is 14.9. The molecule has 0 saturated carbocycles. The largest absolute Gasteiger partial charge is 0.249 e. The minimum atomic E-state index is -1.13. The molecule has 4 aromatic rings. The van der Waals surface area contributed by atoms with E-state index in [0.717, 1.165) is 16.2 Å². The molecule has 0 saturated heterocycles. The van der Waals surface area contributed by atoms with Gasteiger partial charge in [-0.1, -0.05) is 61.4 Å². The van der Waals surface area contributed by atoms with Gasteiger partial charge in [-0.25, -0.2) is 4.21 Å². The highest BCUT2D eigenvalue weighted by Gasteiger charge is 2.31. The summed E-state index contributed by atoms with van der Waals surface area (Å²) in [4.78, 5) is 5.82. The molecule has 1 atom stereocenters. The number of benzene rings is 4. The van der Waals surface area contributed by atoms with E-state index in [1.165, 1.54) is 42.5 Å². The van der Waals surface area contributed by atoms with Gasteiger partial charge in [0.25, 0.3) is 0 Å².